The molecule has 0 saturated carbocycles. The molecule has 5 nitrogen and oxygen atoms in total. The lowest BCUT2D eigenvalue weighted by atomic mass is 9.95. The van der Waals surface area contributed by atoms with Gasteiger partial charge in [0.25, 0.3) is 0 Å². The minimum absolute atomic E-state index is 0.183. The minimum Gasteiger partial charge on any atom is -0.469 e. The van der Waals surface area contributed by atoms with Gasteiger partial charge in [0.15, 0.2) is 0 Å². The quantitative estimate of drug-likeness (QED) is 0.792. The lowest BCUT2D eigenvalue weighted by Gasteiger charge is -2.23. The van der Waals surface area contributed by atoms with Crippen LogP contribution in [0.15, 0.2) is 60.3 Å². The van der Waals surface area contributed by atoms with E-state index in [4.69, 9.17) is 9.47 Å². The molecule has 1 heterocycles. The van der Waals surface area contributed by atoms with Crippen molar-refractivity contribution >= 4 is 17.6 Å². The fourth-order valence-electron chi connectivity index (χ4n) is 3.79. The van der Waals surface area contributed by atoms with E-state index in [1.807, 2.05) is 54.6 Å². The Labute approximate surface area is 151 Å². The van der Waals surface area contributed by atoms with E-state index < -0.39 is 0 Å². The first kappa shape index (κ1) is 16.4. The summed E-state index contributed by atoms with van der Waals surface area (Å²) in [4.78, 5) is 26.1. The molecule has 2 aromatic rings. The highest BCUT2D eigenvalue weighted by molar-refractivity contribution is 5.92. The Bertz CT molecular complexity index is 888. The monoisotopic (exact) mass is 349 g/mol. The molecule has 0 aromatic heterocycles. The van der Waals surface area contributed by atoms with Crippen molar-refractivity contribution in [1.29, 1.82) is 0 Å². The number of methoxy groups -OCH3 is 1. The van der Waals surface area contributed by atoms with E-state index in [1.54, 1.807) is 4.90 Å². The van der Waals surface area contributed by atoms with Gasteiger partial charge in [-0.25, -0.2) is 4.79 Å². The van der Waals surface area contributed by atoms with Crippen LogP contribution in [0.5, 0.6) is 0 Å². The van der Waals surface area contributed by atoms with Crippen LogP contribution in [0.2, 0.25) is 0 Å². The summed E-state index contributed by atoms with van der Waals surface area (Å²) in [7, 11) is 1.38. The van der Waals surface area contributed by atoms with Crippen LogP contribution in [0.4, 0.5) is 4.79 Å². The predicted octanol–water partition coefficient (Wildman–Crippen LogP) is 3.56. The van der Waals surface area contributed by atoms with E-state index >= 15 is 0 Å². The third-order valence-corrected chi connectivity index (χ3v) is 4.90. The largest absolute Gasteiger partial charge is 0.469 e. The van der Waals surface area contributed by atoms with Crippen molar-refractivity contribution in [1.82, 2.24) is 4.90 Å². The molecule has 132 valence electrons. The number of esters is 1. The summed E-state index contributed by atoms with van der Waals surface area (Å²) in [5, 5.41) is 0. The van der Waals surface area contributed by atoms with Crippen LogP contribution in [-0.2, 0) is 14.3 Å². The molecule has 5 heteroatoms. The van der Waals surface area contributed by atoms with Crippen LogP contribution >= 0.6 is 0 Å². The molecule has 2 aromatic carbocycles. The zero-order valence-electron chi connectivity index (χ0n) is 14.5. The van der Waals surface area contributed by atoms with Gasteiger partial charge in [-0.05, 0) is 16.7 Å². The third kappa shape index (κ3) is 2.65. The lowest BCUT2D eigenvalue weighted by molar-refractivity contribution is -0.140. The predicted molar refractivity (Wildman–Crippen MR) is 96.3 cm³/mol. The number of carbonyl (C=O) groups excluding carboxylic acids is 2. The van der Waals surface area contributed by atoms with Crippen LogP contribution in [0.3, 0.4) is 0 Å². The highest BCUT2D eigenvalue weighted by atomic mass is 16.6. The topological polar surface area (TPSA) is 55.8 Å². The number of nitrogens with zero attached hydrogens (tertiary/aromatic N) is 1. The van der Waals surface area contributed by atoms with Crippen molar-refractivity contribution in [3.8, 4) is 0 Å². The van der Waals surface area contributed by atoms with Crippen molar-refractivity contribution in [3.63, 3.8) is 0 Å². The minimum atomic E-state index is -0.365. The zero-order chi connectivity index (χ0) is 18.1. The number of ether oxygens (including phenoxy) is 2. The molecule has 4 rings (SSSR count). The number of hydrogen-bond donors (Lipinski definition) is 0. The molecule has 0 N–H and O–H groups in total. The molecule has 0 bridgehead atoms. The molecule has 1 aliphatic heterocycles. The molecule has 1 saturated heterocycles. The number of hydrogen-bond acceptors (Lipinski definition) is 4. The van der Waals surface area contributed by atoms with E-state index in [0.29, 0.717) is 13.2 Å². The second-order valence-electron chi connectivity index (χ2n) is 6.31. The molecule has 0 unspecified atom stereocenters. The van der Waals surface area contributed by atoms with Gasteiger partial charge in [0.05, 0.1) is 20.1 Å². The molecule has 0 spiro atoms. The summed E-state index contributed by atoms with van der Waals surface area (Å²) in [5.41, 5.74) is 4.90. The summed E-state index contributed by atoms with van der Waals surface area (Å²) in [6.07, 6.45) is -0.181. The lowest BCUT2D eigenvalue weighted by Crippen LogP contribution is -2.27. The zero-order valence-corrected chi connectivity index (χ0v) is 14.5. The first-order chi connectivity index (χ1) is 12.7. The first-order valence-electron chi connectivity index (χ1n) is 8.60. The van der Waals surface area contributed by atoms with Crippen molar-refractivity contribution < 1.29 is 19.1 Å². The maximum atomic E-state index is 12.3. The Morgan fingerprint density at radius 3 is 2.58 bits per heavy atom. The molecule has 2 aliphatic rings. The molecule has 1 atom stereocenters. The van der Waals surface area contributed by atoms with E-state index in [-0.39, 0.29) is 24.4 Å². The molecule has 0 radical (unpaired) electrons. The van der Waals surface area contributed by atoms with Gasteiger partial charge in [0.2, 0.25) is 0 Å². The fraction of sp³-hybridized carbons (Fsp3) is 0.238. The van der Waals surface area contributed by atoms with Crippen LogP contribution < -0.4 is 0 Å². The van der Waals surface area contributed by atoms with Gasteiger partial charge in [-0.2, -0.15) is 0 Å². The second-order valence-corrected chi connectivity index (χ2v) is 6.31. The molecule has 1 amide bonds. The summed E-state index contributed by atoms with van der Waals surface area (Å²) in [6.45, 7) is 0.835. The standard InChI is InChI=1S/C21H19NO4/c1-25-18(23)13-17-15-9-5-6-10-16(15)19(14-7-3-2-4-8-14)20(17)22-11-12-26-21(22)24/h2-10,17H,11-13H2,1H3/t17-/m1/s1. The Kier molecular flexibility index (Phi) is 4.21. The Balaban J connectivity index is 1.93. The number of benzene rings is 2. The van der Waals surface area contributed by atoms with Crippen molar-refractivity contribution in [2.45, 2.75) is 12.3 Å². The molecular weight excluding hydrogens is 330 g/mol. The fourth-order valence-corrected chi connectivity index (χ4v) is 3.79. The number of rotatable bonds is 4. The smallest absolute Gasteiger partial charge is 0.414 e. The van der Waals surface area contributed by atoms with Crippen molar-refractivity contribution in [2.75, 3.05) is 20.3 Å². The Morgan fingerprint density at radius 2 is 1.88 bits per heavy atom. The van der Waals surface area contributed by atoms with Crippen molar-refractivity contribution in [2.24, 2.45) is 0 Å². The number of carbonyl (C=O) groups is 2. The number of allylic oxidation sites excluding steroid dienone is 1. The van der Waals surface area contributed by atoms with Gasteiger partial charge in [-0.3, -0.25) is 9.69 Å². The highest BCUT2D eigenvalue weighted by Gasteiger charge is 2.40. The third-order valence-electron chi connectivity index (χ3n) is 4.90. The van der Waals surface area contributed by atoms with E-state index in [9.17, 15) is 9.59 Å². The summed E-state index contributed by atoms with van der Waals surface area (Å²) in [6, 6.07) is 17.9. The van der Waals surface area contributed by atoms with Crippen molar-refractivity contribution in [3.05, 3.63) is 77.0 Å². The van der Waals surface area contributed by atoms with Gasteiger partial charge in [0.1, 0.15) is 6.61 Å². The van der Waals surface area contributed by atoms with E-state index in [2.05, 4.69) is 0 Å². The maximum absolute atomic E-state index is 12.3. The van der Waals surface area contributed by atoms with Gasteiger partial charge in [-0.1, -0.05) is 54.6 Å². The summed E-state index contributed by atoms with van der Waals surface area (Å²) >= 11 is 0. The maximum Gasteiger partial charge on any atom is 0.414 e. The number of fused-ring (bicyclic) bond motifs is 1. The number of cyclic esters (lactones) is 1. The van der Waals surface area contributed by atoms with Crippen LogP contribution in [0, 0.1) is 0 Å². The Morgan fingerprint density at radius 1 is 1.15 bits per heavy atom. The normalized spacial score (nSPS) is 18.7. The molecular formula is C21H19NO4. The van der Waals surface area contributed by atoms with E-state index in [1.165, 1.54) is 7.11 Å². The molecule has 1 aliphatic carbocycles. The average Bonchev–Trinajstić information content (AvgIpc) is 3.23. The van der Waals surface area contributed by atoms with Crippen LogP contribution in [-0.4, -0.2) is 37.2 Å². The SMILES string of the molecule is COC(=O)C[C@H]1C(N2CCOC2=O)=C(c2ccccc2)c2ccccc21. The van der Waals surface area contributed by atoms with Crippen LogP contribution in [0.1, 0.15) is 29.0 Å². The van der Waals surface area contributed by atoms with Crippen LogP contribution in [0.25, 0.3) is 5.57 Å². The van der Waals surface area contributed by atoms with Gasteiger partial charge < -0.3 is 9.47 Å². The number of amides is 1. The Hall–Kier alpha value is -3.08. The molecule has 1 fully saturated rings. The summed E-state index contributed by atoms with van der Waals surface area (Å²) < 4.78 is 10.1. The first-order valence-corrected chi connectivity index (χ1v) is 8.60. The second kappa shape index (κ2) is 6.67. The average molecular weight is 349 g/mol. The molecule has 26 heavy (non-hydrogen) atoms. The summed E-state index contributed by atoms with van der Waals surface area (Å²) in [5.74, 6) is -0.538. The van der Waals surface area contributed by atoms with E-state index in [0.717, 1.165) is 28.0 Å². The highest BCUT2D eigenvalue weighted by Crippen LogP contribution is 2.48. The van der Waals surface area contributed by atoms with Gasteiger partial charge in [-0.15, -0.1) is 0 Å². The van der Waals surface area contributed by atoms with Gasteiger partial charge >= 0.3 is 12.1 Å². The van der Waals surface area contributed by atoms with Gasteiger partial charge in [0, 0.05) is 17.2 Å².